The zero-order valence-corrected chi connectivity index (χ0v) is 17.4. The molecule has 1 heterocycles. The molecule has 2 aromatic carbocycles. The fraction of sp³-hybridized carbons (Fsp3) is 0.304. The van der Waals surface area contributed by atoms with E-state index in [0.29, 0.717) is 29.4 Å². The molecule has 3 aromatic rings. The number of ether oxygens (including phenoxy) is 1. The highest BCUT2D eigenvalue weighted by atomic mass is 16.5. The van der Waals surface area contributed by atoms with E-state index in [1.54, 1.807) is 36.4 Å². The van der Waals surface area contributed by atoms with Crippen molar-refractivity contribution in [2.75, 3.05) is 5.32 Å². The number of aromatic nitrogens is 1. The van der Waals surface area contributed by atoms with E-state index in [-0.39, 0.29) is 17.1 Å². The van der Waals surface area contributed by atoms with E-state index in [4.69, 9.17) is 9.26 Å². The molecule has 29 heavy (non-hydrogen) atoms. The molecule has 0 saturated carbocycles. The van der Waals surface area contributed by atoms with Crippen LogP contribution in [0.5, 0.6) is 11.5 Å². The van der Waals surface area contributed by atoms with Crippen LogP contribution in [0.2, 0.25) is 0 Å². The Hall–Kier alpha value is -3.28. The molecule has 0 bridgehead atoms. The first-order valence-corrected chi connectivity index (χ1v) is 9.44. The summed E-state index contributed by atoms with van der Waals surface area (Å²) in [5, 5.41) is 16.8. The Morgan fingerprint density at radius 1 is 1.17 bits per heavy atom. The zero-order chi connectivity index (χ0) is 21.2. The number of rotatable bonds is 5. The Balaban J connectivity index is 1.75. The summed E-state index contributed by atoms with van der Waals surface area (Å²) in [6, 6.07) is 12.1. The number of hydrogen-bond donors (Lipinski definition) is 2. The summed E-state index contributed by atoms with van der Waals surface area (Å²) in [6.45, 7) is 10.2. The standard InChI is InChI=1S/C23H26N2O4/c1-14-19(15(2)29-25-14)13-28-18-8-6-7-16(11-18)22(27)24-20-12-17(23(3,4)5)9-10-21(20)26/h6-12,26H,13H2,1-5H3,(H,24,27). The summed E-state index contributed by atoms with van der Waals surface area (Å²) in [6.07, 6.45) is 0. The number of carbonyl (C=O) groups excluding carboxylic acids is 1. The van der Waals surface area contributed by atoms with Gasteiger partial charge in [0.25, 0.3) is 5.91 Å². The van der Waals surface area contributed by atoms with Gasteiger partial charge in [-0.3, -0.25) is 4.79 Å². The van der Waals surface area contributed by atoms with Crippen LogP contribution in [0.15, 0.2) is 47.0 Å². The molecule has 3 rings (SSSR count). The number of aromatic hydroxyl groups is 1. The Bertz CT molecular complexity index is 1010. The van der Waals surface area contributed by atoms with Crippen molar-refractivity contribution in [3.8, 4) is 11.5 Å². The monoisotopic (exact) mass is 394 g/mol. The van der Waals surface area contributed by atoms with Gasteiger partial charge in [-0.15, -0.1) is 0 Å². The minimum Gasteiger partial charge on any atom is -0.506 e. The largest absolute Gasteiger partial charge is 0.506 e. The summed E-state index contributed by atoms with van der Waals surface area (Å²) in [7, 11) is 0. The van der Waals surface area contributed by atoms with E-state index in [1.807, 2.05) is 19.9 Å². The topological polar surface area (TPSA) is 84.6 Å². The zero-order valence-electron chi connectivity index (χ0n) is 17.4. The van der Waals surface area contributed by atoms with E-state index < -0.39 is 0 Å². The van der Waals surface area contributed by atoms with Gasteiger partial charge in [0.2, 0.25) is 0 Å². The maximum Gasteiger partial charge on any atom is 0.255 e. The number of hydrogen-bond acceptors (Lipinski definition) is 5. The molecule has 6 heteroatoms. The highest BCUT2D eigenvalue weighted by molar-refractivity contribution is 6.05. The van der Waals surface area contributed by atoms with Crippen LogP contribution in [-0.4, -0.2) is 16.2 Å². The van der Waals surface area contributed by atoms with Crippen LogP contribution in [0, 0.1) is 13.8 Å². The molecular weight excluding hydrogens is 368 g/mol. The Morgan fingerprint density at radius 3 is 2.59 bits per heavy atom. The van der Waals surface area contributed by atoms with Gasteiger partial charge in [0.1, 0.15) is 23.9 Å². The number of anilines is 1. The molecular formula is C23H26N2O4. The van der Waals surface area contributed by atoms with Crippen molar-refractivity contribution in [1.29, 1.82) is 0 Å². The van der Waals surface area contributed by atoms with Crippen molar-refractivity contribution in [3.63, 3.8) is 0 Å². The van der Waals surface area contributed by atoms with Gasteiger partial charge in [-0.25, -0.2) is 0 Å². The molecule has 1 aromatic heterocycles. The summed E-state index contributed by atoms with van der Waals surface area (Å²) in [5.41, 5.74) is 3.40. The van der Waals surface area contributed by atoms with Crippen LogP contribution >= 0.6 is 0 Å². The minimum atomic E-state index is -0.325. The van der Waals surface area contributed by atoms with Crippen molar-refractivity contribution in [2.45, 2.75) is 46.6 Å². The number of carbonyl (C=O) groups is 1. The molecule has 0 aliphatic carbocycles. The molecule has 2 N–H and O–H groups in total. The second-order valence-electron chi connectivity index (χ2n) is 8.06. The van der Waals surface area contributed by atoms with E-state index in [9.17, 15) is 9.90 Å². The van der Waals surface area contributed by atoms with Crippen molar-refractivity contribution >= 4 is 11.6 Å². The predicted octanol–water partition coefficient (Wildman–Crippen LogP) is 5.13. The summed E-state index contributed by atoms with van der Waals surface area (Å²) < 4.78 is 11.0. The molecule has 152 valence electrons. The molecule has 0 aliphatic heterocycles. The molecule has 0 saturated heterocycles. The lowest BCUT2D eigenvalue weighted by molar-refractivity contribution is 0.102. The number of aryl methyl sites for hydroxylation is 2. The molecule has 1 amide bonds. The first-order chi connectivity index (χ1) is 13.6. The lowest BCUT2D eigenvalue weighted by Crippen LogP contribution is -2.15. The first kappa shape index (κ1) is 20.5. The fourth-order valence-electron chi connectivity index (χ4n) is 2.89. The van der Waals surface area contributed by atoms with Crippen molar-refractivity contribution in [2.24, 2.45) is 0 Å². The van der Waals surface area contributed by atoms with E-state index >= 15 is 0 Å². The van der Waals surface area contributed by atoms with Crippen LogP contribution in [0.1, 0.15) is 53.7 Å². The fourth-order valence-corrected chi connectivity index (χ4v) is 2.89. The third kappa shape index (κ3) is 4.77. The Labute approximate surface area is 170 Å². The number of nitrogens with one attached hydrogen (secondary N) is 1. The second kappa shape index (κ2) is 7.99. The van der Waals surface area contributed by atoms with Crippen LogP contribution < -0.4 is 10.1 Å². The predicted molar refractivity (Wildman–Crippen MR) is 112 cm³/mol. The lowest BCUT2D eigenvalue weighted by Gasteiger charge is -2.20. The van der Waals surface area contributed by atoms with Gasteiger partial charge in [-0.05, 0) is 55.2 Å². The summed E-state index contributed by atoms with van der Waals surface area (Å²) in [4.78, 5) is 12.7. The number of phenols is 1. The average molecular weight is 394 g/mol. The second-order valence-corrected chi connectivity index (χ2v) is 8.06. The molecule has 0 unspecified atom stereocenters. The number of nitrogens with zero attached hydrogens (tertiary/aromatic N) is 1. The average Bonchev–Trinajstić information content (AvgIpc) is 2.99. The number of amides is 1. The maximum absolute atomic E-state index is 12.7. The molecule has 0 spiro atoms. The van der Waals surface area contributed by atoms with E-state index in [1.165, 1.54) is 0 Å². The van der Waals surface area contributed by atoms with Crippen LogP contribution in [0.3, 0.4) is 0 Å². The van der Waals surface area contributed by atoms with Gasteiger partial charge in [0, 0.05) is 5.56 Å². The van der Waals surface area contributed by atoms with Gasteiger partial charge in [-0.1, -0.05) is 38.1 Å². The first-order valence-electron chi connectivity index (χ1n) is 9.44. The Morgan fingerprint density at radius 2 is 1.93 bits per heavy atom. The molecule has 0 aliphatic rings. The highest BCUT2D eigenvalue weighted by Crippen LogP contribution is 2.31. The third-order valence-electron chi connectivity index (χ3n) is 4.77. The quantitative estimate of drug-likeness (QED) is 0.586. The van der Waals surface area contributed by atoms with Crippen molar-refractivity contribution < 1.29 is 19.2 Å². The minimum absolute atomic E-state index is 0.0252. The van der Waals surface area contributed by atoms with Gasteiger partial charge in [0.15, 0.2) is 0 Å². The number of phenolic OH excluding ortho intramolecular Hbond substituents is 1. The Kier molecular flexibility index (Phi) is 5.64. The highest BCUT2D eigenvalue weighted by Gasteiger charge is 2.17. The third-order valence-corrected chi connectivity index (χ3v) is 4.77. The van der Waals surface area contributed by atoms with Crippen LogP contribution in [0.25, 0.3) is 0 Å². The van der Waals surface area contributed by atoms with Gasteiger partial charge in [0.05, 0.1) is 16.9 Å². The number of benzene rings is 2. The van der Waals surface area contributed by atoms with E-state index in [2.05, 4.69) is 31.2 Å². The van der Waals surface area contributed by atoms with Crippen molar-refractivity contribution in [3.05, 3.63) is 70.6 Å². The lowest BCUT2D eigenvalue weighted by atomic mass is 9.87. The SMILES string of the molecule is Cc1noc(C)c1COc1cccc(C(=O)Nc2cc(C(C)(C)C)ccc2O)c1. The van der Waals surface area contributed by atoms with Crippen LogP contribution in [-0.2, 0) is 12.0 Å². The van der Waals surface area contributed by atoms with Gasteiger partial charge >= 0.3 is 0 Å². The normalized spacial score (nSPS) is 11.3. The molecule has 0 fully saturated rings. The smallest absolute Gasteiger partial charge is 0.255 e. The summed E-state index contributed by atoms with van der Waals surface area (Å²) >= 11 is 0. The molecule has 0 atom stereocenters. The molecule has 6 nitrogen and oxygen atoms in total. The summed E-state index contributed by atoms with van der Waals surface area (Å²) in [5.74, 6) is 0.974. The maximum atomic E-state index is 12.7. The van der Waals surface area contributed by atoms with Crippen molar-refractivity contribution in [1.82, 2.24) is 5.16 Å². The van der Waals surface area contributed by atoms with Gasteiger partial charge in [-0.2, -0.15) is 0 Å². The van der Waals surface area contributed by atoms with Gasteiger partial charge < -0.3 is 19.7 Å². The van der Waals surface area contributed by atoms with Crippen LogP contribution in [0.4, 0.5) is 5.69 Å². The van der Waals surface area contributed by atoms with E-state index in [0.717, 1.165) is 16.8 Å². The molecule has 0 radical (unpaired) electrons.